The molecule has 1 aromatic heterocycles. The number of carbonyl (C=O) groups excluding carboxylic acids is 1. The lowest BCUT2D eigenvalue weighted by molar-refractivity contribution is 0.0946. The van der Waals surface area contributed by atoms with Crippen molar-refractivity contribution in [3.05, 3.63) is 18.0 Å². The molecular weight excluding hydrogens is 227 g/mol. The highest BCUT2D eigenvalue weighted by atomic mass is 31.2. The Hall–Kier alpha value is -1.21. The van der Waals surface area contributed by atoms with Gasteiger partial charge < -0.3 is 24.5 Å². The molecule has 1 aromatic rings. The average Bonchev–Trinajstić information content (AvgIpc) is 2.52. The number of phosphoric acid groups is 1. The molecule has 0 saturated carbocycles. The summed E-state index contributed by atoms with van der Waals surface area (Å²) in [4.78, 5) is 32.4. The summed E-state index contributed by atoms with van der Waals surface area (Å²) in [6.45, 7) is 2.45. The maximum atomic E-state index is 10.9. The van der Waals surface area contributed by atoms with Gasteiger partial charge >= 0.3 is 7.82 Å². The number of hydrogen-bond donors (Lipinski definition) is 4. The molecule has 0 aliphatic rings. The molecule has 8 nitrogen and oxygen atoms in total. The predicted octanol–water partition coefficient (Wildman–Crippen LogP) is -0.504. The Kier molecular flexibility index (Phi) is 5.80. The molecule has 0 unspecified atom stereocenters. The van der Waals surface area contributed by atoms with E-state index in [1.807, 2.05) is 6.92 Å². The molecule has 0 saturated heterocycles. The van der Waals surface area contributed by atoms with Gasteiger partial charge in [0.1, 0.15) is 6.26 Å². The zero-order valence-corrected chi connectivity index (χ0v) is 8.72. The minimum atomic E-state index is -4.64. The van der Waals surface area contributed by atoms with E-state index in [-0.39, 0.29) is 5.91 Å². The summed E-state index contributed by atoms with van der Waals surface area (Å²) in [7, 11) is -4.64. The average molecular weight is 238 g/mol. The number of nitrogens with one attached hydrogen (secondary N) is 1. The van der Waals surface area contributed by atoms with E-state index in [0.29, 0.717) is 12.2 Å². The Balaban J connectivity index is 0.000000336. The van der Waals surface area contributed by atoms with Crippen molar-refractivity contribution in [1.82, 2.24) is 10.5 Å². The first-order chi connectivity index (χ1) is 6.84. The molecule has 9 heteroatoms. The molecule has 0 radical (unpaired) electrons. The van der Waals surface area contributed by atoms with Crippen LogP contribution in [0.25, 0.3) is 0 Å². The first-order valence-corrected chi connectivity index (χ1v) is 5.38. The number of carbonyl (C=O) groups is 1. The van der Waals surface area contributed by atoms with Crippen molar-refractivity contribution >= 4 is 13.7 Å². The van der Waals surface area contributed by atoms with Crippen LogP contribution < -0.4 is 5.32 Å². The number of nitrogens with zero attached hydrogens (tertiary/aromatic N) is 1. The van der Waals surface area contributed by atoms with E-state index in [2.05, 4.69) is 15.0 Å². The van der Waals surface area contributed by atoms with E-state index >= 15 is 0 Å². The Morgan fingerprint density at radius 2 is 2.13 bits per heavy atom. The minimum absolute atomic E-state index is 0.198. The fourth-order valence-electron chi connectivity index (χ4n) is 0.581. The van der Waals surface area contributed by atoms with Crippen molar-refractivity contribution in [3.8, 4) is 0 Å². The van der Waals surface area contributed by atoms with Crippen molar-refractivity contribution in [2.45, 2.75) is 6.92 Å². The topological polar surface area (TPSA) is 133 Å². The second-order valence-corrected chi connectivity index (χ2v) is 3.28. The first-order valence-electron chi connectivity index (χ1n) is 3.81. The number of hydrogen-bond acceptors (Lipinski definition) is 4. The second kappa shape index (κ2) is 6.31. The van der Waals surface area contributed by atoms with Crippen LogP contribution in [0.1, 0.15) is 17.4 Å². The fourth-order valence-corrected chi connectivity index (χ4v) is 0.581. The Labute approximate surface area is 85.1 Å². The second-order valence-electron chi connectivity index (χ2n) is 2.26. The van der Waals surface area contributed by atoms with Crippen LogP contribution in [0.15, 0.2) is 16.9 Å². The molecule has 0 fully saturated rings. The third kappa shape index (κ3) is 9.10. The third-order valence-electron chi connectivity index (χ3n) is 1.01. The molecule has 0 aliphatic heterocycles. The molecular formula is C6H11N2O6P. The summed E-state index contributed by atoms with van der Waals surface area (Å²) in [5.74, 6) is -0.198. The van der Waals surface area contributed by atoms with Gasteiger partial charge in [-0.15, -0.1) is 0 Å². The van der Waals surface area contributed by atoms with E-state index in [9.17, 15) is 4.79 Å². The summed E-state index contributed by atoms with van der Waals surface area (Å²) in [5.41, 5.74) is 0.321. The van der Waals surface area contributed by atoms with Crippen LogP contribution in [-0.2, 0) is 4.57 Å². The third-order valence-corrected chi connectivity index (χ3v) is 1.01. The predicted molar refractivity (Wildman–Crippen MR) is 48.8 cm³/mol. The maximum Gasteiger partial charge on any atom is 0.466 e. The smallest absolute Gasteiger partial charge is 0.364 e. The van der Waals surface area contributed by atoms with Gasteiger partial charge in [-0.25, -0.2) is 4.57 Å². The van der Waals surface area contributed by atoms with E-state index in [1.165, 1.54) is 12.3 Å². The highest BCUT2D eigenvalue weighted by Crippen LogP contribution is 2.25. The minimum Gasteiger partial charge on any atom is -0.364 e. The van der Waals surface area contributed by atoms with Crippen LogP contribution in [0.3, 0.4) is 0 Å². The number of rotatable bonds is 2. The van der Waals surface area contributed by atoms with E-state index in [0.717, 1.165) is 0 Å². The normalized spacial score (nSPS) is 10.1. The van der Waals surface area contributed by atoms with Gasteiger partial charge in [-0.2, -0.15) is 0 Å². The zero-order chi connectivity index (χ0) is 11.9. The van der Waals surface area contributed by atoms with Gasteiger partial charge in [-0.1, -0.05) is 5.16 Å². The Bertz CT molecular complexity index is 323. The van der Waals surface area contributed by atoms with Gasteiger partial charge in [0.15, 0.2) is 5.69 Å². The molecule has 0 bridgehead atoms. The van der Waals surface area contributed by atoms with Gasteiger partial charge in [0.2, 0.25) is 0 Å². The quantitative estimate of drug-likeness (QED) is 0.510. The summed E-state index contributed by atoms with van der Waals surface area (Å²) in [6.07, 6.45) is 1.37. The van der Waals surface area contributed by atoms with E-state index in [4.69, 9.17) is 19.2 Å². The molecule has 0 atom stereocenters. The lowest BCUT2D eigenvalue weighted by atomic mass is 10.4. The van der Waals surface area contributed by atoms with Crippen LogP contribution in [0.5, 0.6) is 0 Å². The lowest BCUT2D eigenvalue weighted by Gasteiger charge is -1.93. The zero-order valence-electron chi connectivity index (χ0n) is 7.82. The van der Waals surface area contributed by atoms with Crippen LogP contribution >= 0.6 is 7.82 Å². The van der Waals surface area contributed by atoms with Gasteiger partial charge in [-0.3, -0.25) is 4.79 Å². The van der Waals surface area contributed by atoms with Crippen LogP contribution in [-0.4, -0.2) is 32.3 Å². The molecule has 0 spiro atoms. The van der Waals surface area contributed by atoms with Gasteiger partial charge in [-0.05, 0) is 6.92 Å². The summed E-state index contributed by atoms with van der Waals surface area (Å²) < 4.78 is 13.4. The highest BCUT2D eigenvalue weighted by Gasteiger charge is 2.05. The molecule has 0 aromatic carbocycles. The van der Waals surface area contributed by atoms with Crippen LogP contribution in [0.4, 0.5) is 0 Å². The van der Waals surface area contributed by atoms with Crippen LogP contribution in [0.2, 0.25) is 0 Å². The Morgan fingerprint density at radius 1 is 1.60 bits per heavy atom. The SMILES string of the molecule is CCNC(=O)c1ccon1.O=P(O)(O)O. The van der Waals surface area contributed by atoms with E-state index in [1.54, 1.807) is 0 Å². The van der Waals surface area contributed by atoms with E-state index < -0.39 is 7.82 Å². The first kappa shape index (κ1) is 13.8. The lowest BCUT2D eigenvalue weighted by Crippen LogP contribution is -2.22. The summed E-state index contributed by atoms with van der Waals surface area (Å²) in [5, 5.41) is 6.03. The molecule has 15 heavy (non-hydrogen) atoms. The molecule has 86 valence electrons. The fraction of sp³-hybridized carbons (Fsp3) is 0.333. The largest absolute Gasteiger partial charge is 0.466 e. The molecule has 4 N–H and O–H groups in total. The monoisotopic (exact) mass is 238 g/mol. The van der Waals surface area contributed by atoms with Crippen molar-refractivity contribution in [1.29, 1.82) is 0 Å². The summed E-state index contributed by atoms with van der Waals surface area (Å²) >= 11 is 0. The number of aromatic nitrogens is 1. The van der Waals surface area contributed by atoms with Crippen molar-refractivity contribution < 1.29 is 28.6 Å². The standard InChI is InChI=1S/C6H8N2O2.H3O4P/c1-2-7-6(9)5-3-4-10-8-5;1-5(2,3)4/h3-4H,2H2,1H3,(H,7,9);(H3,1,2,3,4). The van der Waals surface area contributed by atoms with Crippen molar-refractivity contribution in [2.24, 2.45) is 0 Å². The van der Waals surface area contributed by atoms with Crippen LogP contribution in [0, 0.1) is 0 Å². The van der Waals surface area contributed by atoms with Gasteiger partial charge in [0.05, 0.1) is 0 Å². The summed E-state index contributed by atoms with van der Waals surface area (Å²) in [6, 6.07) is 1.52. The molecule has 1 amide bonds. The maximum absolute atomic E-state index is 10.9. The Morgan fingerprint density at radius 3 is 2.47 bits per heavy atom. The molecule has 1 heterocycles. The molecule has 0 aliphatic carbocycles. The number of amides is 1. The molecule has 1 rings (SSSR count). The highest BCUT2D eigenvalue weighted by molar-refractivity contribution is 7.45. The van der Waals surface area contributed by atoms with Gasteiger partial charge in [0, 0.05) is 12.6 Å². The van der Waals surface area contributed by atoms with Gasteiger partial charge in [0.25, 0.3) is 5.91 Å². The van der Waals surface area contributed by atoms with Crippen molar-refractivity contribution in [2.75, 3.05) is 6.54 Å². The van der Waals surface area contributed by atoms with Crippen molar-refractivity contribution in [3.63, 3.8) is 0 Å².